The second kappa shape index (κ2) is 8.74. The summed E-state index contributed by atoms with van der Waals surface area (Å²) in [6.45, 7) is 3.06. The molecule has 2 aromatic rings. The highest BCUT2D eigenvalue weighted by atomic mass is 19.4. The lowest BCUT2D eigenvalue weighted by molar-refractivity contribution is -0.190. The molecule has 37 heavy (non-hydrogen) atoms. The fourth-order valence-electron chi connectivity index (χ4n) is 4.84. The summed E-state index contributed by atoms with van der Waals surface area (Å²) in [7, 11) is 0. The third kappa shape index (κ3) is 4.62. The summed E-state index contributed by atoms with van der Waals surface area (Å²) in [5, 5.41) is 1.65. The fourth-order valence-corrected chi connectivity index (χ4v) is 4.84. The zero-order valence-electron chi connectivity index (χ0n) is 19.8. The molecule has 0 fully saturated rings. The highest BCUT2D eigenvalue weighted by Crippen LogP contribution is 2.52. The molecule has 0 unspecified atom stereocenters. The van der Waals surface area contributed by atoms with Crippen LogP contribution in [0.25, 0.3) is 0 Å². The molecule has 2 aliphatic rings. The van der Waals surface area contributed by atoms with Crippen molar-refractivity contribution >= 4 is 17.6 Å². The SMILES string of the molecule is CC1(C)CC(=O)C2=C(C1)N(Cc1ccccc1)C(=O)[C@]2(NC(=O)c1cccc(C(F)(F)F)c1)C(F)(F)F. The van der Waals surface area contributed by atoms with Crippen LogP contribution in [-0.2, 0) is 22.3 Å². The maximum atomic E-state index is 14.8. The molecule has 2 amide bonds. The zero-order chi connectivity index (χ0) is 27.4. The van der Waals surface area contributed by atoms with Gasteiger partial charge in [-0.05, 0) is 35.6 Å². The first-order chi connectivity index (χ1) is 17.1. The van der Waals surface area contributed by atoms with Crippen LogP contribution in [0.15, 0.2) is 65.9 Å². The number of halogens is 6. The normalized spacial score (nSPS) is 21.8. The Kier molecular flexibility index (Phi) is 6.24. The van der Waals surface area contributed by atoms with Gasteiger partial charge in [0.15, 0.2) is 5.78 Å². The summed E-state index contributed by atoms with van der Waals surface area (Å²) in [5.74, 6) is -4.11. The second-order valence-corrected chi connectivity index (χ2v) is 9.92. The second-order valence-electron chi connectivity index (χ2n) is 9.92. The molecule has 11 heteroatoms. The molecular formula is C26H22F6N2O3. The minimum atomic E-state index is -5.47. The number of hydrogen-bond acceptors (Lipinski definition) is 3. The zero-order valence-corrected chi connectivity index (χ0v) is 19.8. The summed E-state index contributed by atoms with van der Waals surface area (Å²) in [5.41, 5.74) is -7.05. The smallest absolute Gasteiger partial charge is 0.326 e. The number of allylic oxidation sites excluding steroid dienone is 1. The Morgan fingerprint density at radius 3 is 2.19 bits per heavy atom. The maximum absolute atomic E-state index is 14.8. The molecule has 1 aliphatic carbocycles. The Hall–Kier alpha value is -3.63. The Morgan fingerprint density at radius 2 is 1.59 bits per heavy atom. The molecule has 2 aromatic carbocycles. The third-order valence-electron chi connectivity index (χ3n) is 6.48. The van der Waals surface area contributed by atoms with E-state index in [0.717, 1.165) is 17.0 Å². The number of carbonyl (C=O) groups is 3. The quantitative estimate of drug-likeness (QED) is 0.544. The van der Waals surface area contributed by atoms with Gasteiger partial charge in [-0.15, -0.1) is 0 Å². The van der Waals surface area contributed by atoms with Gasteiger partial charge in [0, 0.05) is 17.7 Å². The lowest BCUT2D eigenvalue weighted by atomic mass is 9.72. The topological polar surface area (TPSA) is 66.5 Å². The number of carbonyl (C=O) groups excluding carboxylic acids is 3. The van der Waals surface area contributed by atoms with Gasteiger partial charge in [-0.2, -0.15) is 26.3 Å². The highest BCUT2D eigenvalue weighted by Gasteiger charge is 2.71. The molecule has 4 rings (SSSR count). The Morgan fingerprint density at radius 1 is 0.946 bits per heavy atom. The standard InChI is InChI=1S/C26H22F6N2O3/c1-23(2)12-18-20(19(35)13-23)24(26(30,31)32,22(37)34(18)14-15-7-4-3-5-8-15)33-21(36)16-9-6-10-17(11-16)25(27,28)29/h3-11H,12-14H2,1-2H3,(H,33,36)/t24-/m0/s1. The molecule has 0 saturated heterocycles. The Balaban J connectivity index is 1.86. The lowest BCUT2D eigenvalue weighted by Crippen LogP contribution is -2.66. The van der Waals surface area contributed by atoms with Crippen molar-refractivity contribution in [3.05, 3.63) is 82.6 Å². The molecule has 1 atom stereocenters. The molecule has 1 N–H and O–H groups in total. The van der Waals surface area contributed by atoms with Gasteiger partial charge >= 0.3 is 12.4 Å². The van der Waals surface area contributed by atoms with E-state index >= 15 is 0 Å². The summed E-state index contributed by atoms with van der Waals surface area (Å²) in [4.78, 5) is 40.6. The van der Waals surface area contributed by atoms with E-state index in [4.69, 9.17) is 0 Å². The van der Waals surface area contributed by atoms with Crippen molar-refractivity contribution in [3.8, 4) is 0 Å². The molecule has 0 bridgehead atoms. The van der Waals surface area contributed by atoms with E-state index < -0.39 is 57.6 Å². The number of nitrogens with one attached hydrogen (secondary N) is 1. The van der Waals surface area contributed by atoms with E-state index in [2.05, 4.69) is 0 Å². The Labute approximate surface area is 208 Å². The first-order valence-corrected chi connectivity index (χ1v) is 11.3. The van der Waals surface area contributed by atoms with Crippen LogP contribution in [0.1, 0.15) is 48.2 Å². The van der Waals surface area contributed by atoms with Crippen LogP contribution in [0.4, 0.5) is 26.3 Å². The average molecular weight is 524 g/mol. The average Bonchev–Trinajstić information content (AvgIpc) is 3.01. The minimum absolute atomic E-state index is 0.0517. The Bertz CT molecular complexity index is 1300. The molecule has 0 radical (unpaired) electrons. The number of Topliss-reactive ketones (excluding diaryl/α,β-unsaturated/α-hetero) is 1. The number of nitrogens with zero attached hydrogens (tertiary/aromatic N) is 1. The molecule has 1 aliphatic heterocycles. The molecule has 0 aromatic heterocycles. The van der Waals surface area contributed by atoms with Crippen molar-refractivity contribution in [2.24, 2.45) is 5.41 Å². The van der Waals surface area contributed by atoms with Crippen LogP contribution >= 0.6 is 0 Å². The molecule has 5 nitrogen and oxygen atoms in total. The fraction of sp³-hybridized carbons (Fsp3) is 0.346. The van der Waals surface area contributed by atoms with Crippen LogP contribution in [0.5, 0.6) is 0 Å². The summed E-state index contributed by atoms with van der Waals surface area (Å²) < 4.78 is 83.9. The summed E-state index contributed by atoms with van der Waals surface area (Å²) in [6, 6.07) is 11.0. The lowest BCUT2D eigenvalue weighted by Gasteiger charge is -2.35. The molecular weight excluding hydrogens is 502 g/mol. The van der Waals surface area contributed by atoms with Gasteiger partial charge in [-0.3, -0.25) is 14.4 Å². The van der Waals surface area contributed by atoms with Crippen molar-refractivity contribution in [1.82, 2.24) is 10.2 Å². The highest BCUT2D eigenvalue weighted by molar-refractivity contribution is 6.14. The number of ketones is 1. The number of alkyl halides is 6. The van der Waals surface area contributed by atoms with E-state index in [1.54, 1.807) is 49.5 Å². The largest absolute Gasteiger partial charge is 0.425 e. The molecule has 196 valence electrons. The van der Waals surface area contributed by atoms with E-state index in [1.807, 2.05) is 0 Å². The minimum Gasteiger partial charge on any atom is -0.326 e. The van der Waals surface area contributed by atoms with Crippen molar-refractivity contribution in [3.63, 3.8) is 0 Å². The van der Waals surface area contributed by atoms with Crippen LogP contribution < -0.4 is 5.32 Å². The van der Waals surface area contributed by atoms with Gasteiger partial charge in [0.2, 0.25) is 5.54 Å². The molecule has 0 saturated carbocycles. The van der Waals surface area contributed by atoms with Gasteiger partial charge in [0.25, 0.3) is 11.8 Å². The predicted octanol–water partition coefficient (Wildman–Crippen LogP) is 5.42. The van der Waals surface area contributed by atoms with Crippen molar-refractivity contribution in [2.45, 2.75) is 51.1 Å². The maximum Gasteiger partial charge on any atom is 0.425 e. The van der Waals surface area contributed by atoms with Gasteiger partial charge in [0.05, 0.1) is 17.7 Å². The van der Waals surface area contributed by atoms with Gasteiger partial charge < -0.3 is 10.2 Å². The first-order valence-electron chi connectivity index (χ1n) is 11.3. The number of rotatable bonds is 4. The molecule has 0 spiro atoms. The van der Waals surface area contributed by atoms with Crippen LogP contribution in [0.3, 0.4) is 0 Å². The van der Waals surface area contributed by atoms with Gasteiger partial charge in [0.1, 0.15) is 0 Å². The van der Waals surface area contributed by atoms with Crippen LogP contribution in [0.2, 0.25) is 0 Å². The van der Waals surface area contributed by atoms with Crippen molar-refractivity contribution in [2.75, 3.05) is 0 Å². The number of benzene rings is 2. The third-order valence-corrected chi connectivity index (χ3v) is 6.48. The monoisotopic (exact) mass is 524 g/mol. The van der Waals surface area contributed by atoms with E-state index in [9.17, 15) is 40.7 Å². The number of amides is 2. The first kappa shape index (κ1) is 26.4. The van der Waals surface area contributed by atoms with Crippen molar-refractivity contribution < 1.29 is 40.7 Å². The van der Waals surface area contributed by atoms with Crippen molar-refractivity contribution in [1.29, 1.82) is 0 Å². The predicted molar refractivity (Wildman–Crippen MR) is 120 cm³/mol. The van der Waals surface area contributed by atoms with E-state index in [0.29, 0.717) is 17.7 Å². The van der Waals surface area contributed by atoms with E-state index in [1.165, 1.54) is 0 Å². The summed E-state index contributed by atoms with van der Waals surface area (Å²) in [6.07, 6.45) is -10.7. The van der Waals surface area contributed by atoms with Crippen LogP contribution in [-0.4, -0.2) is 34.2 Å². The van der Waals surface area contributed by atoms with Gasteiger partial charge in [-0.1, -0.05) is 50.2 Å². The number of hydrogen-bond donors (Lipinski definition) is 1. The van der Waals surface area contributed by atoms with Gasteiger partial charge in [-0.25, -0.2) is 0 Å². The van der Waals surface area contributed by atoms with E-state index in [-0.39, 0.29) is 25.1 Å². The summed E-state index contributed by atoms with van der Waals surface area (Å²) >= 11 is 0. The molecule has 1 heterocycles. The van der Waals surface area contributed by atoms with Crippen LogP contribution in [0, 0.1) is 5.41 Å².